The molecule has 0 nitrogen and oxygen atoms in total. The van der Waals surface area contributed by atoms with Gasteiger partial charge in [0.1, 0.15) is 0 Å². The van der Waals surface area contributed by atoms with Crippen LogP contribution in [0, 0.1) is 0 Å². The molecule has 0 aliphatic heterocycles. The van der Waals surface area contributed by atoms with Crippen molar-refractivity contribution in [1.82, 2.24) is 0 Å². The van der Waals surface area contributed by atoms with Gasteiger partial charge in [0.15, 0.2) is 0 Å². The number of hydrogen-bond acceptors (Lipinski definition) is 0. The molecule has 0 fully saturated rings. The Morgan fingerprint density at radius 1 is 1.67 bits per heavy atom. The van der Waals surface area contributed by atoms with Crippen molar-refractivity contribution in [3.05, 3.63) is 12.7 Å². The van der Waals surface area contributed by atoms with Gasteiger partial charge in [-0.3, -0.25) is 0 Å². The predicted molar refractivity (Wildman–Crippen MR) is 43.8 cm³/mol. The van der Waals surface area contributed by atoms with Gasteiger partial charge in [-0.25, -0.2) is 0 Å². The fraction of sp³-hybridized carbons (Fsp3) is 0.750. The predicted octanol–water partition coefficient (Wildman–Crippen LogP) is 2.71. The van der Waals surface area contributed by atoms with Crippen LogP contribution in [-0.4, -0.2) is 16.0 Å². The van der Waals surface area contributed by atoms with Crippen LogP contribution in [0.3, 0.4) is 0 Å². The molecule has 0 aromatic carbocycles. The van der Waals surface area contributed by atoms with Crippen molar-refractivity contribution in [1.29, 1.82) is 0 Å². The third-order valence-corrected chi connectivity index (χ3v) is 2.21. The van der Waals surface area contributed by atoms with Crippen LogP contribution in [0.25, 0.3) is 0 Å². The molecule has 0 aromatic rings. The van der Waals surface area contributed by atoms with E-state index in [1.807, 2.05) is 6.08 Å². The molecule has 0 rings (SSSR count). The molecule has 53 valence electrons. The van der Waals surface area contributed by atoms with Gasteiger partial charge in [-0.2, -0.15) is 0 Å². The Morgan fingerprint density at radius 3 is 2.78 bits per heavy atom. The molecule has 1 heteroatoms. The molecule has 0 bridgehead atoms. The summed E-state index contributed by atoms with van der Waals surface area (Å²) in [6, 6.07) is 0. The summed E-state index contributed by atoms with van der Waals surface area (Å²) in [6.07, 6.45) is 7.06. The second-order valence-electron chi connectivity index (χ2n) is 2.29. The number of rotatable bonds is 5. The minimum atomic E-state index is 0.724. The van der Waals surface area contributed by atoms with E-state index >= 15 is 0 Å². The molecular weight excluding hydrogens is 175 g/mol. The Kier molecular flexibility index (Phi) is 6.56. The van der Waals surface area contributed by atoms with Crippen molar-refractivity contribution >= 4 is 16.0 Å². The van der Waals surface area contributed by atoms with Gasteiger partial charge >= 0.3 is 66.1 Å². The van der Waals surface area contributed by atoms with E-state index in [0.717, 1.165) is 11.2 Å². The molecule has 0 aliphatic rings. The first-order valence-corrected chi connectivity index (χ1v) is 4.56. The third-order valence-electron chi connectivity index (χ3n) is 1.31. The van der Waals surface area contributed by atoms with Crippen molar-refractivity contribution in [2.75, 3.05) is 0 Å². The van der Waals surface area contributed by atoms with E-state index in [2.05, 4.69) is 29.5 Å². The van der Waals surface area contributed by atoms with Gasteiger partial charge in [-0.1, -0.05) is 0 Å². The fourth-order valence-electron chi connectivity index (χ4n) is 0.736. The van der Waals surface area contributed by atoms with Gasteiger partial charge in [0, 0.05) is 0 Å². The normalized spacial score (nSPS) is 13.1. The van der Waals surface area contributed by atoms with Crippen molar-refractivity contribution < 1.29 is 0 Å². The Bertz CT molecular complexity index is 69.0. The first kappa shape index (κ1) is 9.26. The molecule has 1 radical (unpaired) electrons. The summed E-state index contributed by atoms with van der Waals surface area (Å²) < 4.78 is 0. The molecule has 0 saturated heterocycles. The molecule has 0 aromatic heterocycles. The second kappa shape index (κ2) is 6.38. The van der Waals surface area contributed by atoms with E-state index in [-0.39, 0.29) is 0 Å². The number of hydrogen-bond donors (Lipinski definition) is 0. The molecular formula is C8H15Se. The van der Waals surface area contributed by atoms with Crippen LogP contribution in [-0.2, 0) is 0 Å². The van der Waals surface area contributed by atoms with E-state index in [4.69, 9.17) is 0 Å². The van der Waals surface area contributed by atoms with Crippen molar-refractivity contribution in [2.24, 2.45) is 0 Å². The SMILES string of the molecule is C=CCC([Se])CCCC. The standard InChI is InChI=1S/C8H15Se/c1-3-5-7-8(9)6-4-2/h4,8H,2-3,5-7H2,1H3. The van der Waals surface area contributed by atoms with Gasteiger partial charge in [-0.05, 0) is 0 Å². The molecule has 0 heterocycles. The Labute approximate surface area is 66.5 Å². The van der Waals surface area contributed by atoms with E-state index < -0.39 is 0 Å². The topological polar surface area (TPSA) is 0 Å². The van der Waals surface area contributed by atoms with Crippen LogP contribution in [0.2, 0.25) is 4.82 Å². The zero-order valence-corrected chi connectivity index (χ0v) is 7.81. The molecule has 0 spiro atoms. The van der Waals surface area contributed by atoms with Gasteiger partial charge < -0.3 is 0 Å². The van der Waals surface area contributed by atoms with E-state index in [1.54, 1.807) is 0 Å². The average Bonchev–Trinajstić information content (AvgIpc) is 1.85. The Balaban J connectivity index is 3.04. The minimum absolute atomic E-state index is 0.724. The van der Waals surface area contributed by atoms with Gasteiger partial charge in [-0.15, -0.1) is 0 Å². The van der Waals surface area contributed by atoms with E-state index in [1.165, 1.54) is 19.3 Å². The summed E-state index contributed by atoms with van der Waals surface area (Å²) in [5.74, 6) is 0. The van der Waals surface area contributed by atoms with E-state index in [0.29, 0.717) is 0 Å². The summed E-state index contributed by atoms with van der Waals surface area (Å²) in [6.45, 7) is 5.91. The maximum absolute atomic E-state index is 3.69. The molecule has 1 unspecified atom stereocenters. The summed E-state index contributed by atoms with van der Waals surface area (Å²) in [5.41, 5.74) is 0. The van der Waals surface area contributed by atoms with Crippen LogP contribution in [0.4, 0.5) is 0 Å². The molecule has 9 heavy (non-hydrogen) atoms. The van der Waals surface area contributed by atoms with Crippen molar-refractivity contribution in [3.8, 4) is 0 Å². The monoisotopic (exact) mass is 191 g/mol. The van der Waals surface area contributed by atoms with Gasteiger partial charge in [0.05, 0.1) is 0 Å². The molecule has 1 atom stereocenters. The number of unbranched alkanes of at least 4 members (excludes halogenated alkanes) is 1. The van der Waals surface area contributed by atoms with Gasteiger partial charge in [0.25, 0.3) is 0 Å². The number of allylic oxidation sites excluding steroid dienone is 1. The summed E-state index contributed by atoms with van der Waals surface area (Å²) in [5, 5.41) is 0. The molecule has 0 N–H and O–H groups in total. The quantitative estimate of drug-likeness (QED) is 0.462. The fourth-order valence-corrected chi connectivity index (χ4v) is 1.37. The summed E-state index contributed by atoms with van der Waals surface area (Å²) >= 11 is 3.14. The van der Waals surface area contributed by atoms with E-state index in [9.17, 15) is 0 Å². The second-order valence-corrected chi connectivity index (χ2v) is 3.69. The van der Waals surface area contributed by atoms with Crippen LogP contribution in [0.1, 0.15) is 32.6 Å². The molecule has 0 aliphatic carbocycles. The van der Waals surface area contributed by atoms with Crippen LogP contribution in [0.15, 0.2) is 12.7 Å². The average molecular weight is 190 g/mol. The first-order valence-electron chi connectivity index (χ1n) is 3.58. The van der Waals surface area contributed by atoms with Crippen LogP contribution < -0.4 is 0 Å². The first-order chi connectivity index (χ1) is 4.31. The molecule has 0 amide bonds. The third kappa shape index (κ3) is 6.14. The van der Waals surface area contributed by atoms with Gasteiger partial charge in [0.2, 0.25) is 0 Å². The van der Waals surface area contributed by atoms with Crippen LogP contribution >= 0.6 is 0 Å². The van der Waals surface area contributed by atoms with Crippen molar-refractivity contribution in [2.45, 2.75) is 37.4 Å². The van der Waals surface area contributed by atoms with Crippen molar-refractivity contribution in [3.63, 3.8) is 0 Å². The Morgan fingerprint density at radius 2 is 2.33 bits per heavy atom. The van der Waals surface area contributed by atoms with Crippen LogP contribution in [0.5, 0.6) is 0 Å². The summed E-state index contributed by atoms with van der Waals surface area (Å²) in [7, 11) is 0. The zero-order valence-electron chi connectivity index (χ0n) is 6.10. The Hall–Kier alpha value is 0.259. The molecule has 0 saturated carbocycles. The zero-order chi connectivity index (χ0) is 7.11. The maximum atomic E-state index is 3.69. The summed E-state index contributed by atoms with van der Waals surface area (Å²) in [4.78, 5) is 0.724.